The normalized spacial score (nSPS) is 27.0. The zero-order chi connectivity index (χ0) is 16.0. The van der Waals surface area contributed by atoms with E-state index in [0.717, 1.165) is 25.7 Å². The SMILES string of the molecule is O=C(ON1C(=O)c2ccccc2C1=O)C1CCCCC1C1CC1. The van der Waals surface area contributed by atoms with Crippen LogP contribution in [0.15, 0.2) is 24.3 Å². The number of imide groups is 1. The van der Waals surface area contributed by atoms with E-state index >= 15 is 0 Å². The van der Waals surface area contributed by atoms with E-state index in [0.29, 0.717) is 28.0 Å². The summed E-state index contributed by atoms with van der Waals surface area (Å²) in [6, 6.07) is 6.55. The number of benzene rings is 1. The van der Waals surface area contributed by atoms with Crippen LogP contribution in [0.2, 0.25) is 0 Å². The molecule has 1 heterocycles. The molecule has 1 aromatic carbocycles. The van der Waals surface area contributed by atoms with Crippen LogP contribution >= 0.6 is 0 Å². The number of nitrogens with zero attached hydrogens (tertiary/aromatic N) is 1. The molecule has 5 heteroatoms. The van der Waals surface area contributed by atoms with Crippen molar-refractivity contribution in [2.24, 2.45) is 17.8 Å². The number of hydroxylamine groups is 2. The number of hydrogen-bond acceptors (Lipinski definition) is 4. The van der Waals surface area contributed by atoms with Crippen molar-refractivity contribution >= 4 is 17.8 Å². The average molecular weight is 313 g/mol. The molecule has 4 rings (SSSR count). The number of fused-ring (bicyclic) bond motifs is 1. The summed E-state index contributed by atoms with van der Waals surface area (Å²) in [5.74, 6) is -0.714. The van der Waals surface area contributed by atoms with Crippen molar-refractivity contribution in [3.05, 3.63) is 35.4 Å². The van der Waals surface area contributed by atoms with E-state index in [9.17, 15) is 14.4 Å². The molecule has 0 bridgehead atoms. The third kappa shape index (κ3) is 2.44. The van der Waals surface area contributed by atoms with E-state index in [-0.39, 0.29) is 5.92 Å². The maximum atomic E-state index is 12.6. The summed E-state index contributed by atoms with van der Waals surface area (Å²) in [5, 5.41) is 0.644. The van der Waals surface area contributed by atoms with Gasteiger partial charge in [0.25, 0.3) is 11.8 Å². The lowest BCUT2D eigenvalue weighted by Crippen LogP contribution is -2.38. The van der Waals surface area contributed by atoms with Crippen LogP contribution in [-0.4, -0.2) is 22.8 Å². The number of amides is 2. The molecule has 23 heavy (non-hydrogen) atoms. The molecule has 1 aliphatic heterocycles. The highest BCUT2D eigenvalue weighted by molar-refractivity contribution is 6.20. The topological polar surface area (TPSA) is 63.7 Å². The fraction of sp³-hybridized carbons (Fsp3) is 0.500. The fourth-order valence-electron chi connectivity index (χ4n) is 3.95. The maximum Gasteiger partial charge on any atom is 0.336 e. The molecule has 1 aromatic rings. The van der Waals surface area contributed by atoms with Crippen LogP contribution in [0, 0.1) is 17.8 Å². The van der Waals surface area contributed by atoms with E-state index < -0.39 is 17.8 Å². The van der Waals surface area contributed by atoms with Gasteiger partial charge >= 0.3 is 5.97 Å². The van der Waals surface area contributed by atoms with Crippen molar-refractivity contribution in [3.8, 4) is 0 Å². The van der Waals surface area contributed by atoms with Gasteiger partial charge in [0.1, 0.15) is 0 Å². The van der Waals surface area contributed by atoms with Gasteiger partial charge in [-0.25, -0.2) is 4.79 Å². The Morgan fingerprint density at radius 1 is 0.957 bits per heavy atom. The molecule has 0 aromatic heterocycles. The standard InChI is InChI=1S/C18H19NO4/c20-16-13-6-2-3-7-14(13)17(21)19(16)23-18(22)15-8-4-1-5-12(15)11-9-10-11/h2-3,6-7,11-12,15H,1,4-5,8-10H2. The molecular formula is C18H19NO4. The highest BCUT2D eigenvalue weighted by Gasteiger charge is 2.44. The summed E-state index contributed by atoms with van der Waals surface area (Å²) in [6.45, 7) is 0. The number of rotatable bonds is 3. The molecule has 5 nitrogen and oxygen atoms in total. The third-order valence-corrected chi connectivity index (χ3v) is 5.29. The Morgan fingerprint density at radius 2 is 1.57 bits per heavy atom. The maximum absolute atomic E-state index is 12.6. The minimum absolute atomic E-state index is 0.180. The van der Waals surface area contributed by atoms with Crippen LogP contribution in [0.4, 0.5) is 0 Å². The molecule has 0 spiro atoms. The molecule has 2 amide bonds. The summed E-state index contributed by atoms with van der Waals surface area (Å²) in [6.07, 6.45) is 6.36. The molecular weight excluding hydrogens is 294 g/mol. The Hall–Kier alpha value is -2.17. The van der Waals surface area contributed by atoms with E-state index in [1.807, 2.05) is 0 Å². The number of carbonyl (C=O) groups is 3. The summed E-state index contributed by atoms with van der Waals surface area (Å²) in [5.41, 5.74) is 0.598. The van der Waals surface area contributed by atoms with E-state index in [1.54, 1.807) is 24.3 Å². The second kappa shape index (κ2) is 5.48. The molecule has 0 N–H and O–H groups in total. The molecule has 0 radical (unpaired) electrons. The first-order valence-corrected chi connectivity index (χ1v) is 8.36. The van der Waals surface area contributed by atoms with Crippen molar-refractivity contribution < 1.29 is 19.2 Å². The molecule has 120 valence electrons. The molecule has 2 unspecified atom stereocenters. The summed E-state index contributed by atoms with van der Waals surface area (Å²) >= 11 is 0. The van der Waals surface area contributed by atoms with E-state index in [1.165, 1.54) is 12.8 Å². The molecule has 2 aliphatic carbocycles. The van der Waals surface area contributed by atoms with Crippen LogP contribution in [0.25, 0.3) is 0 Å². The molecule has 0 saturated heterocycles. The van der Waals surface area contributed by atoms with Gasteiger partial charge in [0.05, 0.1) is 17.0 Å². The first-order valence-electron chi connectivity index (χ1n) is 8.36. The largest absolute Gasteiger partial charge is 0.336 e. The smallest absolute Gasteiger partial charge is 0.329 e. The lowest BCUT2D eigenvalue weighted by Gasteiger charge is -2.30. The van der Waals surface area contributed by atoms with Gasteiger partial charge in [0, 0.05) is 0 Å². The molecule has 2 atom stereocenters. The second-order valence-corrected chi connectivity index (χ2v) is 6.75. The van der Waals surface area contributed by atoms with Gasteiger partial charge in [0.2, 0.25) is 0 Å². The first kappa shape index (κ1) is 14.4. The van der Waals surface area contributed by atoms with Gasteiger partial charge in [-0.15, -0.1) is 0 Å². The van der Waals surface area contributed by atoms with Gasteiger partial charge in [0.15, 0.2) is 0 Å². The number of carbonyl (C=O) groups excluding carboxylic acids is 3. The molecule has 2 saturated carbocycles. The minimum atomic E-state index is -0.544. The second-order valence-electron chi connectivity index (χ2n) is 6.75. The van der Waals surface area contributed by atoms with Crippen LogP contribution in [-0.2, 0) is 9.63 Å². The summed E-state index contributed by atoms with van der Waals surface area (Å²) < 4.78 is 0. The monoisotopic (exact) mass is 313 g/mol. The van der Waals surface area contributed by atoms with Gasteiger partial charge in [-0.1, -0.05) is 30.0 Å². The Morgan fingerprint density at radius 3 is 2.17 bits per heavy atom. The number of hydrogen-bond donors (Lipinski definition) is 0. The Kier molecular flexibility index (Phi) is 3.43. The van der Waals surface area contributed by atoms with Crippen LogP contribution in [0.5, 0.6) is 0 Å². The van der Waals surface area contributed by atoms with Crippen molar-refractivity contribution in [2.45, 2.75) is 38.5 Å². The van der Waals surface area contributed by atoms with Crippen molar-refractivity contribution in [3.63, 3.8) is 0 Å². The Balaban J connectivity index is 1.51. The molecule has 2 fully saturated rings. The third-order valence-electron chi connectivity index (χ3n) is 5.29. The van der Waals surface area contributed by atoms with Crippen molar-refractivity contribution in [2.75, 3.05) is 0 Å². The van der Waals surface area contributed by atoms with Gasteiger partial charge < -0.3 is 4.84 Å². The predicted octanol–water partition coefficient (Wildman–Crippen LogP) is 2.96. The van der Waals surface area contributed by atoms with Gasteiger partial charge in [-0.3, -0.25) is 9.59 Å². The Labute approximate surface area is 134 Å². The minimum Gasteiger partial charge on any atom is -0.329 e. The average Bonchev–Trinajstić information content (AvgIpc) is 3.40. The lowest BCUT2D eigenvalue weighted by molar-refractivity contribution is -0.177. The van der Waals surface area contributed by atoms with Gasteiger partial charge in [-0.2, -0.15) is 0 Å². The fourth-order valence-corrected chi connectivity index (χ4v) is 3.95. The zero-order valence-electron chi connectivity index (χ0n) is 12.9. The van der Waals surface area contributed by atoms with Crippen LogP contribution in [0.3, 0.4) is 0 Å². The van der Waals surface area contributed by atoms with Gasteiger partial charge in [-0.05, 0) is 49.7 Å². The zero-order valence-corrected chi connectivity index (χ0v) is 12.9. The first-order chi connectivity index (χ1) is 11.2. The van der Waals surface area contributed by atoms with E-state index in [4.69, 9.17) is 4.84 Å². The van der Waals surface area contributed by atoms with Crippen LogP contribution < -0.4 is 0 Å². The predicted molar refractivity (Wildman–Crippen MR) is 81.2 cm³/mol. The summed E-state index contributed by atoms with van der Waals surface area (Å²) in [7, 11) is 0. The highest BCUT2D eigenvalue weighted by atomic mass is 16.7. The lowest BCUT2D eigenvalue weighted by atomic mass is 9.76. The van der Waals surface area contributed by atoms with Crippen molar-refractivity contribution in [1.29, 1.82) is 0 Å². The Bertz CT molecular complexity index is 644. The van der Waals surface area contributed by atoms with Crippen molar-refractivity contribution in [1.82, 2.24) is 5.06 Å². The quantitative estimate of drug-likeness (QED) is 0.805. The van der Waals surface area contributed by atoms with E-state index in [2.05, 4.69) is 0 Å². The summed E-state index contributed by atoms with van der Waals surface area (Å²) in [4.78, 5) is 42.4. The molecule has 3 aliphatic rings. The van der Waals surface area contributed by atoms with Crippen LogP contribution in [0.1, 0.15) is 59.2 Å². The highest BCUT2D eigenvalue weighted by Crippen LogP contribution is 2.47.